The average Bonchev–Trinajstić information content (AvgIpc) is 2.46. The van der Waals surface area contributed by atoms with Crippen LogP contribution in [0.3, 0.4) is 0 Å². The molecule has 2 nitrogen and oxygen atoms in total. The van der Waals surface area contributed by atoms with E-state index in [9.17, 15) is 4.79 Å². The van der Waals surface area contributed by atoms with Gasteiger partial charge >= 0.3 is 0 Å². The SMILES string of the molecule is O=C(Cl)c1cc(-c2ccc(Br)cc2)nc2ccc(Cl)cc12. The highest BCUT2D eigenvalue weighted by atomic mass is 79.9. The van der Waals surface area contributed by atoms with Gasteiger partial charge in [0.05, 0.1) is 11.2 Å². The lowest BCUT2D eigenvalue weighted by molar-refractivity contribution is 0.108. The Morgan fingerprint density at radius 2 is 1.76 bits per heavy atom. The molecule has 1 heterocycles. The minimum absolute atomic E-state index is 0.405. The first-order valence-corrected chi connectivity index (χ1v) is 7.65. The standard InChI is InChI=1S/C16H8BrCl2NO/c17-10-3-1-9(2-4-10)15-8-13(16(19)21)12-7-11(18)5-6-14(12)20-15/h1-8H. The fraction of sp³-hybridized carbons (Fsp3) is 0. The number of benzene rings is 2. The Morgan fingerprint density at radius 1 is 1.05 bits per heavy atom. The van der Waals surface area contributed by atoms with Crippen molar-refractivity contribution in [2.45, 2.75) is 0 Å². The van der Waals surface area contributed by atoms with E-state index in [0.29, 0.717) is 27.2 Å². The summed E-state index contributed by atoms with van der Waals surface area (Å²) in [5.41, 5.74) is 2.70. The van der Waals surface area contributed by atoms with E-state index in [4.69, 9.17) is 23.2 Å². The number of hydrogen-bond donors (Lipinski definition) is 0. The van der Waals surface area contributed by atoms with Crippen molar-refractivity contribution in [1.29, 1.82) is 0 Å². The van der Waals surface area contributed by atoms with E-state index >= 15 is 0 Å². The minimum atomic E-state index is -0.525. The maximum absolute atomic E-state index is 11.7. The summed E-state index contributed by atoms with van der Waals surface area (Å²) in [5, 5.41) is 0.672. The van der Waals surface area contributed by atoms with Gasteiger partial charge in [-0.25, -0.2) is 4.98 Å². The third kappa shape index (κ3) is 2.95. The Hall–Kier alpha value is -1.42. The quantitative estimate of drug-likeness (QED) is 0.534. The van der Waals surface area contributed by atoms with Crippen molar-refractivity contribution in [3.63, 3.8) is 0 Å². The summed E-state index contributed by atoms with van der Waals surface area (Å²) in [6.45, 7) is 0. The highest BCUT2D eigenvalue weighted by Crippen LogP contribution is 2.28. The molecule has 0 radical (unpaired) electrons. The Labute approximate surface area is 139 Å². The second-order valence-electron chi connectivity index (χ2n) is 4.50. The number of hydrogen-bond acceptors (Lipinski definition) is 2. The van der Waals surface area contributed by atoms with Crippen LogP contribution in [0.25, 0.3) is 22.2 Å². The molecule has 0 unspecified atom stereocenters. The molecule has 5 heteroatoms. The predicted octanol–water partition coefficient (Wildman–Crippen LogP) is 5.70. The van der Waals surface area contributed by atoms with E-state index in [1.165, 1.54) is 0 Å². The Balaban J connectivity index is 2.28. The van der Waals surface area contributed by atoms with Crippen molar-refractivity contribution in [3.05, 3.63) is 63.6 Å². The number of pyridine rings is 1. The second-order valence-corrected chi connectivity index (χ2v) is 6.19. The zero-order chi connectivity index (χ0) is 15.0. The van der Waals surface area contributed by atoms with Crippen LogP contribution in [0.15, 0.2) is 53.0 Å². The Bertz CT molecular complexity index is 847. The minimum Gasteiger partial charge on any atom is -0.276 e. The molecule has 3 rings (SSSR count). The van der Waals surface area contributed by atoms with Crippen LogP contribution >= 0.6 is 39.1 Å². The van der Waals surface area contributed by atoms with Crippen molar-refractivity contribution in [2.75, 3.05) is 0 Å². The van der Waals surface area contributed by atoms with Crippen molar-refractivity contribution in [3.8, 4) is 11.3 Å². The summed E-state index contributed by atoms with van der Waals surface area (Å²) in [5.74, 6) is 0. The molecule has 0 N–H and O–H groups in total. The fourth-order valence-corrected chi connectivity index (χ4v) is 2.72. The van der Waals surface area contributed by atoms with Gasteiger partial charge in [0.15, 0.2) is 0 Å². The van der Waals surface area contributed by atoms with Crippen molar-refractivity contribution in [1.82, 2.24) is 4.98 Å². The molecule has 0 saturated carbocycles. The Morgan fingerprint density at radius 3 is 2.43 bits per heavy atom. The number of carbonyl (C=O) groups is 1. The van der Waals surface area contributed by atoms with Crippen LogP contribution in [-0.2, 0) is 0 Å². The van der Waals surface area contributed by atoms with Crippen LogP contribution < -0.4 is 0 Å². The van der Waals surface area contributed by atoms with Crippen LogP contribution in [0.1, 0.15) is 10.4 Å². The van der Waals surface area contributed by atoms with Gasteiger partial charge < -0.3 is 0 Å². The first-order valence-electron chi connectivity index (χ1n) is 6.11. The summed E-state index contributed by atoms with van der Waals surface area (Å²) in [7, 11) is 0. The summed E-state index contributed by atoms with van der Waals surface area (Å²) < 4.78 is 0.979. The van der Waals surface area contributed by atoms with Gasteiger partial charge in [-0.05, 0) is 48.0 Å². The van der Waals surface area contributed by atoms with E-state index in [-0.39, 0.29) is 0 Å². The van der Waals surface area contributed by atoms with Gasteiger partial charge in [-0.2, -0.15) is 0 Å². The Kier molecular flexibility index (Phi) is 3.98. The summed E-state index contributed by atoms with van der Waals surface area (Å²) in [4.78, 5) is 16.3. The van der Waals surface area contributed by atoms with Crippen molar-refractivity contribution >= 4 is 55.3 Å². The smallest absolute Gasteiger partial charge is 0.253 e. The monoisotopic (exact) mass is 379 g/mol. The molecule has 21 heavy (non-hydrogen) atoms. The molecule has 0 aliphatic carbocycles. The normalized spacial score (nSPS) is 10.8. The van der Waals surface area contributed by atoms with Gasteiger partial charge in [0.1, 0.15) is 0 Å². The fourth-order valence-electron chi connectivity index (χ4n) is 2.13. The van der Waals surface area contributed by atoms with Crippen LogP contribution in [0, 0.1) is 0 Å². The van der Waals surface area contributed by atoms with Gasteiger partial charge in [-0.1, -0.05) is 39.7 Å². The molecule has 0 fully saturated rings. The zero-order valence-electron chi connectivity index (χ0n) is 10.6. The van der Waals surface area contributed by atoms with Gasteiger partial charge in [-0.3, -0.25) is 4.79 Å². The van der Waals surface area contributed by atoms with E-state index in [1.807, 2.05) is 24.3 Å². The molecule has 1 aromatic heterocycles. The van der Waals surface area contributed by atoms with E-state index in [2.05, 4.69) is 20.9 Å². The van der Waals surface area contributed by atoms with E-state index in [0.717, 1.165) is 10.0 Å². The maximum atomic E-state index is 11.7. The first-order chi connectivity index (χ1) is 10.0. The molecule has 0 saturated heterocycles. The molecule has 104 valence electrons. The molecule has 2 aromatic carbocycles. The molecule has 0 aliphatic rings. The van der Waals surface area contributed by atoms with Gasteiger partial charge in [0.25, 0.3) is 5.24 Å². The number of aromatic nitrogens is 1. The van der Waals surface area contributed by atoms with Crippen LogP contribution in [-0.4, -0.2) is 10.2 Å². The number of carbonyl (C=O) groups excluding carboxylic acids is 1. The third-order valence-corrected chi connectivity index (χ3v) is 4.09. The van der Waals surface area contributed by atoms with Crippen LogP contribution in [0.5, 0.6) is 0 Å². The number of halogens is 3. The van der Waals surface area contributed by atoms with Crippen LogP contribution in [0.2, 0.25) is 5.02 Å². The lowest BCUT2D eigenvalue weighted by atomic mass is 10.0. The van der Waals surface area contributed by atoms with E-state index < -0.39 is 5.24 Å². The van der Waals surface area contributed by atoms with Crippen molar-refractivity contribution < 1.29 is 4.79 Å². The summed E-state index contributed by atoms with van der Waals surface area (Å²) >= 11 is 15.1. The molecule has 0 aliphatic heterocycles. The largest absolute Gasteiger partial charge is 0.276 e. The van der Waals surface area contributed by atoms with Gasteiger partial charge in [0, 0.05) is 26.0 Å². The zero-order valence-corrected chi connectivity index (χ0v) is 13.7. The lowest BCUT2D eigenvalue weighted by Gasteiger charge is -2.08. The number of fused-ring (bicyclic) bond motifs is 1. The lowest BCUT2D eigenvalue weighted by Crippen LogP contribution is -1.95. The summed E-state index contributed by atoms with van der Waals surface area (Å²) in [6, 6.07) is 14.6. The predicted molar refractivity (Wildman–Crippen MR) is 90.1 cm³/mol. The van der Waals surface area contributed by atoms with Crippen molar-refractivity contribution in [2.24, 2.45) is 0 Å². The molecule has 0 atom stereocenters. The van der Waals surface area contributed by atoms with Gasteiger partial charge in [-0.15, -0.1) is 0 Å². The summed E-state index contributed by atoms with van der Waals surface area (Å²) in [6.07, 6.45) is 0. The first kappa shape index (κ1) is 14.5. The highest BCUT2D eigenvalue weighted by Gasteiger charge is 2.12. The third-order valence-electron chi connectivity index (χ3n) is 3.12. The highest BCUT2D eigenvalue weighted by molar-refractivity contribution is 9.10. The molecule has 0 bridgehead atoms. The number of rotatable bonds is 2. The topological polar surface area (TPSA) is 30.0 Å². The molecular weight excluding hydrogens is 373 g/mol. The maximum Gasteiger partial charge on any atom is 0.253 e. The van der Waals surface area contributed by atoms with Gasteiger partial charge in [0.2, 0.25) is 0 Å². The second kappa shape index (κ2) is 5.76. The van der Waals surface area contributed by atoms with E-state index in [1.54, 1.807) is 24.3 Å². The number of nitrogens with zero attached hydrogens (tertiary/aromatic N) is 1. The average molecular weight is 381 g/mol. The molecular formula is C16H8BrCl2NO. The molecule has 0 spiro atoms. The van der Waals surface area contributed by atoms with Crippen LogP contribution in [0.4, 0.5) is 0 Å². The molecule has 3 aromatic rings. The molecule has 0 amide bonds.